The summed E-state index contributed by atoms with van der Waals surface area (Å²) in [6, 6.07) is 5.71. The molecule has 22 heavy (non-hydrogen) atoms. The van der Waals surface area contributed by atoms with Gasteiger partial charge >= 0.3 is 0 Å². The van der Waals surface area contributed by atoms with Gasteiger partial charge in [-0.1, -0.05) is 6.07 Å². The van der Waals surface area contributed by atoms with E-state index in [9.17, 15) is 4.79 Å². The maximum absolute atomic E-state index is 12.2. The van der Waals surface area contributed by atoms with Crippen LogP contribution >= 0.6 is 0 Å². The molecule has 112 valence electrons. The molecule has 1 unspecified atom stereocenters. The van der Waals surface area contributed by atoms with Gasteiger partial charge in [-0.25, -0.2) is 9.97 Å². The van der Waals surface area contributed by atoms with E-state index in [1.807, 2.05) is 41.2 Å². The first kappa shape index (κ1) is 13.1. The summed E-state index contributed by atoms with van der Waals surface area (Å²) in [5.74, 6) is 1.44. The van der Waals surface area contributed by atoms with Crippen LogP contribution in [-0.4, -0.2) is 31.4 Å². The van der Waals surface area contributed by atoms with Crippen LogP contribution in [0.25, 0.3) is 5.65 Å². The van der Waals surface area contributed by atoms with E-state index in [1.54, 1.807) is 6.20 Å². The number of carbonyl (C=O) groups excluding carboxylic acids is 1. The van der Waals surface area contributed by atoms with Crippen molar-refractivity contribution in [3.8, 4) is 0 Å². The normalized spacial score (nSPS) is 17.4. The average Bonchev–Trinajstić information content (AvgIpc) is 3.18. The Hall–Kier alpha value is -2.63. The van der Waals surface area contributed by atoms with Crippen molar-refractivity contribution in [2.24, 2.45) is 5.92 Å². The number of pyridine rings is 1. The van der Waals surface area contributed by atoms with Gasteiger partial charge in [0.1, 0.15) is 17.2 Å². The number of fused-ring (bicyclic) bond motifs is 2. The lowest BCUT2D eigenvalue weighted by atomic mass is 9.98. The molecule has 6 heteroatoms. The van der Waals surface area contributed by atoms with Crippen molar-refractivity contribution in [3.05, 3.63) is 54.5 Å². The Kier molecular flexibility index (Phi) is 3.14. The number of amides is 1. The van der Waals surface area contributed by atoms with Crippen molar-refractivity contribution in [2.75, 3.05) is 6.54 Å². The highest BCUT2D eigenvalue weighted by Gasteiger charge is 2.20. The summed E-state index contributed by atoms with van der Waals surface area (Å²) in [5, 5.41) is 3.00. The first-order valence-electron chi connectivity index (χ1n) is 7.51. The number of nitrogens with zero attached hydrogens (tertiary/aromatic N) is 4. The third-order valence-corrected chi connectivity index (χ3v) is 4.20. The zero-order valence-electron chi connectivity index (χ0n) is 12.1. The summed E-state index contributed by atoms with van der Waals surface area (Å²) in [7, 11) is 0. The molecule has 0 saturated heterocycles. The zero-order valence-corrected chi connectivity index (χ0v) is 12.1. The lowest BCUT2D eigenvalue weighted by Crippen LogP contribution is -2.33. The Bertz CT molecular complexity index is 786. The van der Waals surface area contributed by atoms with Crippen LogP contribution in [0.15, 0.2) is 43.0 Å². The molecule has 1 atom stereocenters. The summed E-state index contributed by atoms with van der Waals surface area (Å²) in [6.45, 7) is 1.64. The molecule has 1 amide bonds. The summed E-state index contributed by atoms with van der Waals surface area (Å²) in [4.78, 5) is 20.9. The van der Waals surface area contributed by atoms with Gasteiger partial charge in [0.05, 0.1) is 0 Å². The van der Waals surface area contributed by atoms with Crippen molar-refractivity contribution in [1.29, 1.82) is 0 Å². The maximum Gasteiger partial charge on any atom is 0.271 e. The molecule has 4 rings (SSSR count). The molecular weight excluding hydrogens is 278 g/mol. The van der Waals surface area contributed by atoms with Crippen LogP contribution in [0.3, 0.4) is 0 Å². The lowest BCUT2D eigenvalue weighted by Gasteiger charge is -2.23. The largest absolute Gasteiger partial charge is 0.350 e. The second-order valence-electron chi connectivity index (χ2n) is 5.70. The molecule has 1 N–H and O–H groups in total. The molecule has 0 radical (unpaired) electrons. The molecule has 1 aliphatic heterocycles. The van der Waals surface area contributed by atoms with Crippen molar-refractivity contribution >= 4 is 11.6 Å². The highest BCUT2D eigenvalue weighted by Crippen LogP contribution is 2.18. The van der Waals surface area contributed by atoms with Gasteiger partial charge in [0.2, 0.25) is 0 Å². The van der Waals surface area contributed by atoms with Crippen molar-refractivity contribution in [3.63, 3.8) is 0 Å². The quantitative estimate of drug-likeness (QED) is 0.797. The number of nitrogens with one attached hydrogen (secondary N) is 1. The van der Waals surface area contributed by atoms with Crippen molar-refractivity contribution in [2.45, 2.75) is 19.4 Å². The zero-order chi connectivity index (χ0) is 14.9. The first-order valence-corrected chi connectivity index (χ1v) is 7.51. The second kappa shape index (κ2) is 5.29. The summed E-state index contributed by atoms with van der Waals surface area (Å²) < 4.78 is 4.03. The monoisotopic (exact) mass is 295 g/mol. The molecule has 6 nitrogen and oxygen atoms in total. The second-order valence-corrected chi connectivity index (χ2v) is 5.70. The number of hydrogen-bond acceptors (Lipinski definition) is 3. The Morgan fingerprint density at radius 2 is 2.32 bits per heavy atom. The first-order chi connectivity index (χ1) is 10.8. The number of aromatic nitrogens is 4. The predicted molar refractivity (Wildman–Crippen MR) is 81.6 cm³/mol. The Morgan fingerprint density at radius 1 is 1.36 bits per heavy atom. The minimum Gasteiger partial charge on any atom is -0.350 e. The highest BCUT2D eigenvalue weighted by molar-refractivity contribution is 5.92. The fourth-order valence-electron chi connectivity index (χ4n) is 2.96. The van der Waals surface area contributed by atoms with Crippen LogP contribution in [0.2, 0.25) is 0 Å². The molecule has 0 bridgehead atoms. The number of hydrogen-bond donors (Lipinski definition) is 1. The summed E-state index contributed by atoms with van der Waals surface area (Å²) in [5.41, 5.74) is 1.25. The molecule has 0 saturated carbocycles. The van der Waals surface area contributed by atoms with E-state index in [0.717, 1.165) is 30.9 Å². The van der Waals surface area contributed by atoms with Gasteiger partial charge in [0.25, 0.3) is 5.91 Å². The van der Waals surface area contributed by atoms with Gasteiger partial charge in [-0.05, 0) is 24.5 Å². The highest BCUT2D eigenvalue weighted by atomic mass is 16.1. The van der Waals surface area contributed by atoms with Crippen LogP contribution in [0.1, 0.15) is 22.7 Å². The average molecular weight is 295 g/mol. The van der Waals surface area contributed by atoms with Crippen molar-refractivity contribution in [1.82, 2.24) is 24.3 Å². The minimum absolute atomic E-state index is 0.113. The van der Waals surface area contributed by atoms with E-state index in [1.165, 1.54) is 0 Å². The van der Waals surface area contributed by atoms with Crippen LogP contribution in [0, 0.1) is 5.92 Å². The molecule has 3 aromatic rings. The van der Waals surface area contributed by atoms with E-state index < -0.39 is 0 Å². The number of rotatable bonds is 3. The van der Waals surface area contributed by atoms with Crippen LogP contribution in [0.4, 0.5) is 0 Å². The Morgan fingerprint density at radius 3 is 3.23 bits per heavy atom. The maximum atomic E-state index is 12.2. The van der Waals surface area contributed by atoms with Gasteiger partial charge in [-0.3, -0.25) is 4.79 Å². The van der Waals surface area contributed by atoms with E-state index in [2.05, 4.69) is 19.9 Å². The number of imidazole rings is 2. The van der Waals surface area contributed by atoms with E-state index in [4.69, 9.17) is 0 Å². The lowest BCUT2D eigenvalue weighted by molar-refractivity contribution is 0.0940. The number of aryl methyl sites for hydroxylation is 1. The molecule has 1 aliphatic rings. The van der Waals surface area contributed by atoms with Gasteiger partial charge < -0.3 is 14.3 Å². The summed E-state index contributed by atoms with van der Waals surface area (Å²) >= 11 is 0. The van der Waals surface area contributed by atoms with Crippen LogP contribution in [0.5, 0.6) is 0 Å². The topological polar surface area (TPSA) is 64.2 Å². The third-order valence-electron chi connectivity index (χ3n) is 4.20. The Labute approximate surface area is 127 Å². The molecular formula is C16H17N5O. The molecule has 0 spiro atoms. The van der Waals surface area contributed by atoms with E-state index >= 15 is 0 Å². The van der Waals surface area contributed by atoms with Gasteiger partial charge in [-0.2, -0.15) is 0 Å². The standard InChI is InChI=1S/C16H17N5O/c22-16(13-11-21-6-2-1-3-14(21)19-13)18-10-12-4-7-20-8-5-17-15(20)9-12/h1-3,5-6,8,11-12H,4,7,9-10H2,(H,18,22). The Balaban J connectivity index is 1.40. The molecule has 0 aliphatic carbocycles. The summed E-state index contributed by atoms with van der Waals surface area (Å²) in [6.07, 6.45) is 9.49. The molecule has 3 aromatic heterocycles. The van der Waals surface area contributed by atoms with E-state index in [-0.39, 0.29) is 5.91 Å². The van der Waals surface area contributed by atoms with Crippen LogP contribution < -0.4 is 5.32 Å². The van der Waals surface area contributed by atoms with E-state index in [0.29, 0.717) is 18.2 Å². The van der Waals surface area contributed by atoms with Crippen molar-refractivity contribution < 1.29 is 4.79 Å². The molecule has 0 aromatic carbocycles. The minimum atomic E-state index is -0.113. The molecule has 0 fully saturated rings. The van der Waals surface area contributed by atoms with Gasteiger partial charge in [0.15, 0.2) is 0 Å². The smallest absolute Gasteiger partial charge is 0.271 e. The predicted octanol–water partition coefficient (Wildman–Crippen LogP) is 1.52. The fourth-order valence-corrected chi connectivity index (χ4v) is 2.96. The third kappa shape index (κ3) is 2.36. The van der Waals surface area contributed by atoms with Crippen LogP contribution in [-0.2, 0) is 13.0 Å². The van der Waals surface area contributed by atoms with Gasteiger partial charge in [0, 0.05) is 44.3 Å². The SMILES string of the molecule is O=C(NCC1CCn2ccnc2C1)c1cn2ccccc2n1. The fraction of sp³-hybridized carbons (Fsp3) is 0.312. The number of carbonyl (C=O) groups is 1. The molecule has 4 heterocycles. The van der Waals surface area contributed by atoms with Gasteiger partial charge in [-0.15, -0.1) is 0 Å².